The van der Waals surface area contributed by atoms with Crippen molar-refractivity contribution in [3.05, 3.63) is 41.5 Å². The van der Waals surface area contributed by atoms with E-state index in [-0.39, 0.29) is 0 Å². The van der Waals surface area contributed by atoms with Crippen LogP contribution in [-0.2, 0) is 16.6 Å². The molecule has 1 aromatic rings. The molecule has 1 aliphatic heterocycles. The first-order chi connectivity index (χ1) is 9.55. The lowest BCUT2D eigenvalue weighted by Gasteiger charge is -2.25. The summed E-state index contributed by atoms with van der Waals surface area (Å²) in [5, 5.41) is 3.19. The van der Waals surface area contributed by atoms with Crippen molar-refractivity contribution in [2.24, 2.45) is 0 Å². The molecule has 0 aromatic heterocycles. The van der Waals surface area contributed by atoms with Crippen molar-refractivity contribution in [2.45, 2.75) is 31.7 Å². The van der Waals surface area contributed by atoms with Gasteiger partial charge >= 0.3 is 0 Å². The Balaban J connectivity index is 2.30. The predicted octanol–water partition coefficient (Wildman–Crippen LogP) is 2.14. The second-order valence-corrected chi connectivity index (χ2v) is 6.96. The summed E-state index contributed by atoms with van der Waals surface area (Å²) in [6.45, 7) is 6.50. The van der Waals surface area contributed by atoms with Gasteiger partial charge in [-0.1, -0.05) is 36.8 Å². The zero-order valence-corrected chi connectivity index (χ0v) is 12.9. The molecule has 0 saturated heterocycles. The normalized spacial score (nSPS) is 17.0. The summed E-state index contributed by atoms with van der Waals surface area (Å²) in [4.78, 5) is 0.425. The Labute approximate surface area is 121 Å². The van der Waals surface area contributed by atoms with Crippen molar-refractivity contribution in [1.29, 1.82) is 0 Å². The molecule has 0 atom stereocenters. The van der Waals surface area contributed by atoms with E-state index in [4.69, 9.17) is 0 Å². The third-order valence-electron chi connectivity index (χ3n) is 3.55. The van der Waals surface area contributed by atoms with Crippen molar-refractivity contribution in [3.8, 4) is 0 Å². The highest BCUT2D eigenvalue weighted by Crippen LogP contribution is 2.23. The summed E-state index contributed by atoms with van der Waals surface area (Å²) in [7, 11) is -3.40. The minimum atomic E-state index is -3.40. The highest BCUT2D eigenvalue weighted by atomic mass is 32.2. The maximum Gasteiger partial charge on any atom is 0.243 e. The summed E-state index contributed by atoms with van der Waals surface area (Å²) in [6.07, 6.45) is 2.81. The van der Waals surface area contributed by atoms with Crippen LogP contribution in [0.15, 0.2) is 40.8 Å². The van der Waals surface area contributed by atoms with Gasteiger partial charge in [0.25, 0.3) is 0 Å². The van der Waals surface area contributed by atoms with Gasteiger partial charge in [-0.05, 0) is 31.5 Å². The Morgan fingerprint density at radius 3 is 2.70 bits per heavy atom. The van der Waals surface area contributed by atoms with Gasteiger partial charge in [0, 0.05) is 19.6 Å². The lowest BCUT2D eigenvalue weighted by atomic mass is 10.1. The molecule has 0 bridgehead atoms. The molecule has 1 aromatic carbocycles. The summed E-state index contributed by atoms with van der Waals surface area (Å²) >= 11 is 0. The number of nitrogens with zero attached hydrogens (tertiary/aromatic N) is 1. The van der Waals surface area contributed by atoms with Gasteiger partial charge in [-0.15, -0.1) is 0 Å². The van der Waals surface area contributed by atoms with E-state index < -0.39 is 10.0 Å². The van der Waals surface area contributed by atoms with Gasteiger partial charge in [0.2, 0.25) is 10.0 Å². The zero-order chi connectivity index (χ0) is 14.6. The SMILES string of the molecule is CCNCc1ccccc1S(=O)(=O)N1CC=C(C)CC1. The van der Waals surface area contributed by atoms with E-state index in [0.29, 0.717) is 24.5 Å². The topological polar surface area (TPSA) is 49.4 Å². The van der Waals surface area contributed by atoms with Crippen LogP contribution in [0.4, 0.5) is 0 Å². The smallest absolute Gasteiger partial charge is 0.243 e. The molecule has 0 amide bonds. The van der Waals surface area contributed by atoms with Gasteiger partial charge in [-0.3, -0.25) is 0 Å². The Bertz CT molecular complexity index is 594. The molecule has 4 nitrogen and oxygen atoms in total. The third kappa shape index (κ3) is 3.29. The quantitative estimate of drug-likeness (QED) is 0.846. The van der Waals surface area contributed by atoms with Crippen LogP contribution in [0.2, 0.25) is 0 Å². The fraction of sp³-hybridized carbons (Fsp3) is 0.467. The summed E-state index contributed by atoms with van der Waals surface area (Å²) in [6, 6.07) is 7.24. The lowest BCUT2D eigenvalue weighted by Crippen LogP contribution is -2.35. The van der Waals surface area contributed by atoms with Crippen LogP contribution in [0.3, 0.4) is 0 Å². The van der Waals surface area contributed by atoms with E-state index in [2.05, 4.69) is 5.32 Å². The largest absolute Gasteiger partial charge is 0.313 e. The Morgan fingerprint density at radius 2 is 2.05 bits per heavy atom. The van der Waals surface area contributed by atoms with Crippen molar-refractivity contribution in [2.75, 3.05) is 19.6 Å². The first kappa shape index (κ1) is 15.2. The fourth-order valence-corrected chi connectivity index (χ4v) is 3.87. The predicted molar refractivity (Wildman–Crippen MR) is 81.0 cm³/mol. The van der Waals surface area contributed by atoms with E-state index in [0.717, 1.165) is 18.5 Å². The average molecular weight is 294 g/mol. The number of sulfonamides is 1. The molecular formula is C15H22N2O2S. The molecule has 20 heavy (non-hydrogen) atoms. The molecule has 0 spiro atoms. The molecule has 1 N–H and O–H groups in total. The van der Waals surface area contributed by atoms with E-state index in [9.17, 15) is 8.42 Å². The summed E-state index contributed by atoms with van der Waals surface area (Å²) < 4.78 is 27.1. The number of nitrogens with one attached hydrogen (secondary N) is 1. The Hall–Kier alpha value is -1.17. The van der Waals surface area contributed by atoms with Crippen LogP contribution in [-0.4, -0.2) is 32.4 Å². The molecule has 1 aliphatic rings. The monoisotopic (exact) mass is 294 g/mol. The zero-order valence-electron chi connectivity index (χ0n) is 12.1. The molecule has 1 heterocycles. The minimum absolute atomic E-state index is 0.425. The average Bonchev–Trinajstić information content (AvgIpc) is 2.46. The highest BCUT2D eigenvalue weighted by Gasteiger charge is 2.27. The van der Waals surface area contributed by atoms with E-state index in [1.807, 2.05) is 32.1 Å². The molecular weight excluding hydrogens is 272 g/mol. The van der Waals surface area contributed by atoms with Gasteiger partial charge in [0.1, 0.15) is 0 Å². The summed E-state index contributed by atoms with van der Waals surface area (Å²) in [5.74, 6) is 0. The number of rotatable bonds is 5. The Kier molecular flexibility index (Phi) is 4.96. The molecule has 0 saturated carbocycles. The van der Waals surface area contributed by atoms with Gasteiger partial charge < -0.3 is 5.32 Å². The van der Waals surface area contributed by atoms with Crippen LogP contribution < -0.4 is 5.32 Å². The van der Waals surface area contributed by atoms with Crippen LogP contribution in [0, 0.1) is 0 Å². The first-order valence-electron chi connectivity index (χ1n) is 7.00. The van der Waals surface area contributed by atoms with Crippen molar-refractivity contribution in [3.63, 3.8) is 0 Å². The molecule has 5 heteroatoms. The number of benzene rings is 1. The maximum atomic E-state index is 12.7. The number of hydrogen-bond donors (Lipinski definition) is 1. The summed E-state index contributed by atoms with van der Waals surface area (Å²) in [5.41, 5.74) is 2.10. The third-order valence-corrected chi connectivity index (χ3v) is 5.52. The lowest BCUT2D eigenvalue weighted by molar-refractivity contribution is 0.430. The van der Waals surface area contributed by atoms with Gasteiger partial charge in [-0.2, -0.15) is 4.31 Å². The molecule has 0 fully saturated rings. The van der Waals surface area contributed by atoms with Crippen molar-refractivity contribution in [1.82, 2.24) is 9.62 Å². The minimum Gasteiger partial charge on any atom is -0.313 e. The first-order valence-corrected chi connectivity index (χ1v) is 8.44. The molecule has 2 rings (SSSR count). The fourth-order valence-electron chi connectivity index (χ4n) is 2.27. The molecule has 0 aliphatic carbocycles. The van der Waals surface area contributed by atoms with Crippen LogP contribution in [0.25, 0.3) is 0 Å². The van der Waals surface area contributed by atoms with E-state index in [1.165, 1.54) is 5.57 Å². The Morgan fingerprint density at radius 1 is 1.30 bits per heavy atom. The van der Waals surface area contributed by atoms with Gasteiger partial charge in [0.05, 0.1) is 4.90 Å². The maximum absolute atomic E-state index is 12.7. The van der Waals surface area contributed by atoms with E-state index >= 15 is 0 Å². The van der Waals surface area contributed by atoms with Gasteiger partial charge in [-0.25, -0.2) is 8.42 Å². The molecule has 0 radical (unpaired) electrons. The second-order valence-electron chi connectivity index (χ2n) is 5.05. The van der Waals surface area contributed by atoms with Crippen LogP contribution in [0.5, 0.6) is 0 Å². The molecule has 0 unspecified atom stereocenters. The van der Waals surface area contributed by atoms with Gasteiger partial charge in [0.15, 0.2) is 0 Å². The highest BCUT2D eigenvalue weighted by molar-refractivity contribution is 7.89. The van der Waals surface area contributed by atoms with Crippen LogP contribution >= 0.6 is 0 Å². The standard InChI is InChI=1S/C15H22N2O2S/c1-3-16-12-14-6-4-5-7-15(14)20(18,19)17-10-8-13(2)9-11-17/h4-8,16H,3,9-12H2,1-2H3. The molecule has 110 valence electrons. The van der Waals surface area contributed by atoms with Crippen LogP contribution in [0.1, 0.15) is 25.8 Å². The van der Waals surface area contributed by atoms with E-state index in [1.54, 1.807) is 16.4 Å². The van der Waals surface area contributed by atoms with Crippen molar-refractivity contribution < 1.29 is 8.42 Å². The number of hydrogen-bond acceptors (Lipinski definition) is 3. The second kappa shape index (κ2) is 6.52. The van der Waals surface area contributed by atoms with Crippen molar-refractivity contribution >= 4 is 10.0 Å².